The monoisotopic (exact) mass is 329 g/mol. The number of aryl methyl sites for hydroxylation is 1. The molecule has 24 heavy (non-hydrogen) atoms. The van der Waals surface area contributed by atoms with Crippen LogP contribution in [0.2, 0.25) is 0 Å². The highest BCUT2D eigenvalue weighted by molar-refractivity contribution is 6.09. The number of rotatable bonds is 5. The summed E-state index contributed by atoms with van der Waals surface area (Å²) in [6, 6.07) is 7.17. The molecule has 0 radical (unpaired) electrons. The molecule has 1 spiro atoms. The minimum Gasteiger partial charge on any atom is -0.355 e. The van der Waals surface area contributed by atoms with Gasteiger partial charge in [0.05, 0.1) is 0 Å². The van der Waals surface area contributed by atoms with Crippen molar-refractivity contribution in [3.8, 4) is 0 Å². The first-order valence-corrected chi connectivity index (χ1v) is 8.43. The Morgan fingerprint density at radius 2 is 2.08 bits per heavy atom. The van der Waals surface area contributed by atoms with Crippen LogP contribution in [-0.2, 0) is 21.5 Å². The molecule has 2 N–H and O–H groups in total. The van der Waals surface area contributed by atoms with Crippen molar-refractivity contribution in [2.24, 2.45) is 5.92 Å². The summed E-state index contributed by atoms with van der Waals surface area (Å²) < 4.78 is 0. The van der Waals surface area contributed by atoms with Crippen LogP contribution in [0.5, 0.6) is 0 Å². The molecule has 0 aromatic heterocycles. The number of nitrogens with zero attached hydrogens (tertiary/aromatic N) is 1. The van der Waals surface area contributed by atoms with Crippen LogP contribution >= 0.6 is 0 Å². The Labute approximate surface area is 141 Å². The summed E-state index contributed by atoms with van der Waals surface area (Å²) >= 11 is 0. The third-order valence-corrected chi connectivity index (χ3v) is 4.77. The van der Waals surface area contributed by atoms with Crippen molar-refractivity contribution >= 4 is 17.8 Å². The largest absolute Gasteiger partial charge is 0.355 e. The van der Waals surface area contributed by atoms with Gasteiger partial charge in [-0.05, 0) is 36.3 Å². The molecule has 1 fully saturated rings. The van der Waals surface area contributed by atoms with E-state index in [9.17, 15) is 14.4 Å². The number of benzene rings is 1. The second-order valence-electron chi connectivity index (χ2n) is 6.92. The van der Waals surface area contributed by atoms with E-state index in [1.807, 2.05) is 24.3 Å². The van der Waals surface area contributed by atoms with E-state index in [-0.39, 0.29) is 18.4 Å². The molecule has 0 saturated carbocycles. The lowest BCUT2D eigenvalue weighted by molar-refractivity contribution is -0.135. The van der Waals surface area contributed by atoms with Crippen molar-refractivity contribution in [3.63, 3.8) is 0 Å². The van der Waals surface area contributed by atoms with E-state index in [1.54, 1.807) is 0 Å². The van der Waals surface area contributed by atoms with Gasteiger partial charge >= 0.3 is 6.03 Å². The van der Waals surface area contributed by atoms with Crippen LogP contribution in [0.4, 0.5) is 4.79 Å². The molecule has 1 aliphatic heterocycles. The van der Waals surface area contributed by atoms with Gasteiger partial charge in [-0.1, -0.05) is 38.1 Å². The number of carbonyl (C=O) groups excluding carboxylic acids is 3. The number of amides is 4. The molecule has 6 heteroatoms. The second kappa shape index (κ2) is 6.26. The van der Waals surface area contributed by atoms with E-state index in [0.717, 1.165) is 28.9 Å². The van der Waals surface area contributed by atoms with Crippen LogP contribution < -0.4 is 10.6 Å². The number of fused-ring (bicyclic) bond motifs is 2. The maximum absolute atomic E-state index is 12.9. The Bertz CT molecular complexity index is 686. The molecular weight excluding hydrogens is 306 g/mol. The fourth-order valence-corrected chi connectivity index (χ4v) is 3.43. The van der Waals surface area contributed by atoms with Crippen molar-refractivity contribution in [1.29, 1.82) is 0 Å². The lowest BCUT2D eigenvalue weighted by atomic mass is 9.92. The summed E-state index contributed by atoms with van der Waals surface area (Å²) in [5.41, 5.74) is 0.937. The summed E-state index contributed by atoms with van der Waals surface area (Å²) in [6.45, 7) is 4.47. The van der Waals surface area contributed by atoms with Gasteiger partial charge in [0.15, 0.2) is 0 Å². The number of hydrogen-bond acceptors (Lipinski definition) is 3. The predicted molar refractivity (Wildman–Crippen MR) is 89.2 cm³/mol. The number of carbonyl (C=O) groups is 3. The van der Waals surface area contributed by atoms with Crippen molar-refractivity contribution in [1.82, 2.24) is 15.5 Å². The highest BCUT2D eigenvalue weighted by Gasteiger charge is 2.55. The molecule has 1 saturated heterocycles. The Kier molecular flexibility index (Phi) is 4.30. The first kappa shape index (κ1) is 16.5. The fraction of sp³-hybridized carbons (Fsp3) is 0.500. The molecule has 1 heterocycles. The summed E-state index contributed by atoms with van der Waals surface area (Å²) in [4.78, 5) is 38.2. The lowest BCUT2D eigenvalue weighted by Crippen LogP contribution is -2.44. The highest BCUT2D eigenvalue weighted by atomic mass is 16.2. The van der Waals surface area contributed by atoms with E-state index >= 15 is 0 Å². The first-order valence-electron chi connectivity index (χ1n) is 8.43. The molecule has 3 rings (SSSR count). The molecule has 6 nitrogen and oxygen atoms in total. The summed E-state index contributed by atoms with van der Waals surface area (Å²) in [5.74, 6) is -0.140. The van der Waals surface area contributed by atoms with Gasteiger partial charge < -0.3 is 10.6 Å². The van der Waals surface area contributed by atoms with Crippen LogP contribution in [0.1, 0.15) is 37.8 Å². The third-order valence-electron chi connectivity index (χ3n) is 4.77. The minimum atomic E-state index is -0.994. The van der Waals surface area contributed by atoms with Crippen molar-refractivity contribution in [2.75, 3.05) is 13.1 Å². The number of hydrogen-bond donors (Lipinski definition) is 2. The Morgan fingerprint density at radius 1 is 1.33 bits per heavy atom. The molecule has 1 aromatic rings. The average Bonchev–Trinajstić information content (AvgIpc) is 3.02. The topological polar surface area (TPSA) is 78.5 Å². The van der Waals surface area contributed by atoms with Crippen LogP contribution in [0, 0.1) is 5.92 Å². The fourth-order valence-electron chi connectivity index (χ4n) is 3.43. The van der Waals surface area contributed by atoms with Crippen molar-refractivity contribution in [3.05, 3.63) is 35.4 Å². The van der Waals surface area contributed by atoms with E-state index in [2.05, 4.69) is 24.5 Å². The van der Waals surface area contributed by atoms with Crippen LogP contribution in [-0.4, -0.2) is 35.8 Å². The normalized spacial score (nSPS) is 22.2. The molecule has 1 aromatic carbocycles. The van der Waals surface area contributed by atoms with Gasteiger partial charge in [-0.2, -0.15) is 0 Å². The highest BCUT2D eigenvalue weighted by Crippen LogP contribution is 2.41. The molecule has 1 atom stereocenters. The maximum atomic E-state index is 12.9. The smallest absolute Gasteiger partial charge is 0.325 e. The summed E-state index contributed by atoms with van der Waals surface area (Å²) in [6.07, 6.45) is 2.15. The third kappa shape index (κ3) is 2.77. The summed E-state index contributed by atoms with van der Waals surface area (Å²) in [7, 11) is 0. The Hall–Kier alpha value is -2.37. The first-order chi connectivity index (χ1) is 11.4. The van der Waals surface area contributed by atoms with Gasteiger partial charge in [-0.25, -0.2) is 4.79 Å². The standard InChI is InChI=1S/C18H23N3O3/c1-12(2)8-10-19-15(22)11-21-16(23)18(20-17(21)24)9-7-13-5-3-4-6-14(13)18/h3-6,12H,7-11H2,1-2H3,(H,19,22)(H,20,24)/t18-/m0/s1. The lowest BCUT2D eigenvalue weighted by Gasteiger charge is -2.22. The van der Waals surface area contributed by atoms with Crippen LogP contribution in [0.3, 0.4) is 0 Å². The Balaban J connectivity index is 1.71. The van der Waals surface area contributed by atoms with Gasteiger partial charge in [0.25, 0.3) is 5.91 Å². The predicted octanol–water partition coefficient (Wildman–Crippen LogP) is 1.54. The zero-order valence-electron chi connectivity index (χ0n) is 14.1. The van der Waals surface area contributed by atoms with Crippen LogP contribution in [0.25, 0.3) is 0 Å². The van der Waals surface area contributed by atoms with Crippen molar-refractivity contribution < 1.29 is 14.4 Å². The molecule has 0 unspecified atom stereocenters. The summed E-state index contributed by atoms with van der Waals surface area (Å²) in [5, 5.41) is 5.59. The molecule has 1 aliphatic carbocycles. The van der Waals surface area contributed by atoms with Gasteiger partial charge in [-0.15, -0.1) is 0 Å². The molecular formula is C18H23N3O3. The number of nitrogens with one attached hydrogen (secondary N) is 2. The molecule has 2 aliphatic rings. The van der Waals surface area contributed by atoms with E-state index in [1.165, 1.54) is 0 Å². The molecule has 128 valence electrons. The Morgan fingerprint density at radius 3 is 2.83 bits per heavy atom. The zero-order chi connectivity index (χ0) is 17.3. The van der Waals surface area contributed by atoms with E-state index in [0.29, 0.717) is 18.9 Å². The van der Waals surface area contributed by atoms with Crippen LogP contribution in [0.15, 0.2) is 24.3 Å². The van der Waals surface area contributed by atoms with Gasteiger partial charge in [-0.3, -0.25) is 14.5 Å². The van der Waals surface area contributed by atoms with Crippen molar-refractivity contribution in [2.45, 2.75) is 38.6 Å². The SMILES string of the molecule is CC(C)CCNC(=O)CN1C(=O)N[C@]2(CCc3ccccc32)C1=O. The quantitative estimate of drug-likeness (QED) is 0.804. The molecule has 4 amide bonds. The minimum absolute atomic E-state index is 0.229. The zero-order valence-corrected chi connectivity index (χ0v) is 14.1. The van der Waals surface area contributed by atoms with Gasteiger partial charge in [0.2, 0.25) is 5.91 Å². The van der Waals surface area contributed by atoms with E-state index < -0.39 is 11.6 Å². The molecule has 0 bridgehead atoms. The number of imide groups is 1. The number of urea groups is 1. The van der Waals surface area contributed by atoms with Gasteiger partial charge in [0, 0.05) is 6.54 Å². The maximum Gasteiger partial charge on any atom is 0.325 e. The average molecular weight is 329 g/mol. The second-order valence-corrected chi connectivity index (χ2v) is 6.92. The van der Waals surface area contributed by atoms with Gasteiger partial charge in [0.1, 0.15) is 12.1 Å². The van der Waals surface area contributed by atoms with E-state index in [4.69, 9.17) is 0 Å².